The van der Waals surface area contributed by atoms with Crippen LogP contribution >= 0.6 is 0 Å². The number of rotatable bonds is 13. The fourth-order valence-corrected chi connectivity index (χ4v) is 3.89. The van der Waals surface area contributed by atoms with Crippen molar-refractivity contribution in [2.45, 2.75) is 52.1 Å². The lowest BCUT2D eigenvalue weighted by Crippen LogP contribution is -2.50. The Morgan fingerprint density at radius 1 is 0.886 bits per heavy atom. The SMILES string of the molecule is CCCNC(=O)[C@@H](Cc1ccccc1)N(Cc1ccccc1)C(=O)CCCOc1ccc(C)cc1. The van der Waals surface area contributed by atoms with Crippen LogP contribution < -0.4 is 10.1 Å². The van der Waals surface area contributed by atoms with E-state index in [0.29, 0.717) is 39.0 Å². The Hall–Kier alpha value is -3.60. The molecule has 3 aromatic carbocycles. The summed E-state index contributed by atoms with van der Waals surface area (Å²) < 4.78 is 5.82. The fraction of sp³-hybridized carbons (Fsp3) is 0.333. The van der Waals surface area contributed by atoms with Crippen molar-refractivity contribution in [3.8, 4) is 5.75 Å². The molecule has 0 radical (unpaired) electrons. The standard InChI is InChI=1S/C30H36N2O3/c1-3-20-31-30(34)28(22-25-11-6-4-7-12-25)32(23-26-13-8-5-9-14-26)29(33)15-10-21-35-27-18-16-24(2)17-19-27/h4-9,11-14,16-19,28H,3,10,15,20-23H2,1-2H3,(H,31,34)/t28-/m1/s1. The average molecular weight is 473 g/mol. The van der Waals surface area contributed by atoms with Crippen LogP contribution in [0.1, 0.15) is 42.9 Å². The first-order chi connectivity index (χ1) is 17.1. The molecule has 0 unspecified atom stereocenters. The smallest absolute Gasteiger partial charge is 0.243 e. The summed E-state index contributed by atoms with van der Waals surface area (Å²) >= 11 is 0. The Kier molecular flexibility index (Phi) is 10.4. The van der Waals surface area contributed by atoms with Gasteiger partial charge in [-0.3, -0.25) is 9.59 Å². The summed E-state index contributed by atoms with van der Waals surface area (Å²) in [5, 5.41) is 3.01. The van der Waals surface area contributed by atoms with E-state index in [-0.39, 0.29) is 11.8 Å². The zero-order valence-corrected chi connectivity index (χ0v) is 20.8. The highest BCUT2D eigenvalue weighted by Crippen LogP contribution is 2.17. The molecule has 3 aromatic rings. The van der Waals surface area contributed by atoms with Crippen LogP contribution in [0.3, 0.4) is 0 Å². The van der Waals surface area contributed by atoms with Crippen molar-refractivity contribution in [1.82, 2.24) is 10.2 Å². The highest BCUT2D eigenvalue weighted by molar-refractivity contribution is 5.88. The molecule has 0 bridgehead atoms. The van der Waals surface area contributed by atoms with E-state index in [1.807, 2.05) is 98.8 Å². The summed E-state index contributed by atoms with van der Waals surface area (Å²) in [6.45, 7) is 5.47. The lowest BCUT2D eigenvalue weighted by molar-refractivity contribution is -0.141. The molecule has 1 N–H and O–H groups in total. The summed E-state index contributed by atoms with van der Waals surface area (Å²) in [5.74, 6) is 0.634. The van der Waals surface area contributed by atoms with Gasteiger partial charge in [0.1, 0.15) is 11.8 Å². The molecule has 0 heterocycles. The molecule has 3 rings (SSSR count). The monoisotopic (exact) mass is 472 g/mol. The van der Waals surface area contributed by atoms with Crippen molar-refractivity contribution in [2.24, 2.45) is 0 Å². The molecule has 0 spiro atoms. The largest absolute Gasteiger partial charge is 0.494 e. The van der Waals surface area contributed by atoms with Crippen LogP contribution in [0, 0.1) is 6.92 Å². The molecule has 5 nitrogen and oxygen atoms in total. The van der Waals surface area contributed by atoms with Crippen LogP contribution in [0.25, 0.3) is 0 Å². The van der Waals surface area contributed by atoms with E-state index in [2.05, 4.69) is 5.32 Å². The summed E-state index contributed by atoms with van der Waals surface area (Å²) in [6.07, 6.45) is 2.19. The summed E-state index contributed by atoms with van der Waals surface area (Å²) in [5.41, 5.74) is 3.20. The molecule has 2 amide bonds. The first-order valence-electron chi connectivity index (χ1n) is 12.4. The fourth-order valence-electron chi connectivity index (χ4n) is 3.89. The van der Waals surface area contributed by atoms with Crippen molar-refractivity contribution in [3.05, 3.63) is 102 Å². The third-order valence-electron chi connectivity index (χ3n) is 5.84. The van der Waals surface area contributed by atoms with Crippen molar-refractivity contribution in [1.29, 1.82) is 0 Å². The van der Waals surface area contributed by atoms with Gasteiger partial charge < -0.3 is 15.0 Å². The molecule has 5 heteroatoms. The number of ether oxygens (including phenoxy) is 1. The second-order valence-corrected chi connectivity index (χ2v) is 8.77. The topological polar surface area (TPSA) is 58.6 Å². The Morgan fingerprint density at radius 3 is 2.14 bits per heavy atom. The van der Waals surface area contributed by atoms with Gasteiger partial charge in [0.2, 0.25) is 11.8 Å². The lowest BCUT2D eigenvalue weighted by Gasteiger charge is -2.31. The molecule has 0 saturated carbocycles. The lowest BCUT2D eigenvalue weighted by atomic mass is 10.0. The number of carbonyl (C=O) groups is 2. The summed E-state index contributed by atoms with van der Waals surface area (Å²) in [4.78, 5) is 28.5. The van der Waals surface area contributed by atoms with Gasteiger partial charge in [0.15, 0.2) is 0 Å². The maximum Gasteiger partial charge on any atom is 0.243 e. The van der Waals surface area contributed by atoms with Crippen LogP contribution in [-0.2, 0) is 22.6 Å². The van der Waals surface area contributed by atoms with Crippen LogP contribution in [0.5, 0.6) is 5.75 Å². The third-order valence-corrected chi connectivity index (χ3v) is 5.84. The molecule has 35 heavy (non-hydrogen) atoms. The van der Waals surface area contributed by atoms with Gasteiger partial charge in [-0.25, -0.2) is 0 Å². The van der Waals surface area contributed by atoms with Crippen LogP contribution in [-0.4, -0.2) is 35.9 Å². The van der Waals surface area contributed by atoms with Gasteiger partial charge in [-0.2, -0.15) is 0 Å². The maximum absolute atomic E-state index is 13.5. The number of amides is 2. The zero-order valence-electron chi connectivity index (χ0n) is 20.8. The Morgan fingerprint density at radius 2 is 1.51 bits per heavy atom. The predicted molar refractivity (Wildman–Crippen MR) is 140 cm³/mol. The van der Waals surface area contributed by atoms with Gasteiger partial charge >= 0.3 is 0 Å². The molecule has 0 aliphatic carbocycles. The van der Waals surface area contributed by atoms with Gasteiger partial charge in [0.25, 0.3) is 0 Å². The van der Waals surface area contributed by atoms with E-state index in [0.717, 1.165) is 23.3 Å². The quantitative estimate of drug-likeness (QED) is 0.343. The van der Waals surface area contributed by atoms with Gasteiger partial charge in [-0.15, -0.1) is 0 Å². The van der Waals surface area contributed by atoms with Gasteiger partial charge in [0, 0.05) is 25.9 Å². The molecule has 0 saturated heterocycles. The first kappa shape index (κ1) is 26.0. The van der Waals surface area contributed by atoms with Crippen molar-refractivity contribution < 1.29 is 14.3 Å². The minimum atomic E-state index is -0.588. The normalized spacial score (nSPS) is 11.5. The van der Waals surface area contributed by atoms with Crippen molar-refractivity contribution in [2.75, 3.05) is 13.2 Å². The summed E-state index contributed by atoms with van der Waals surface area (Å²) in [7, 11) is 0. The molecular weight excluding hydrogens is 436 g/mol. The zero-order chi connectivity index (χ0) is 24.9. The van der Waals surface area contributed by atoms with E-state index in [1.54, 1.807) is 4.90 Å². The molecule has 1 atom stereocenters. The third kappa shape index (κ3) is 8.60. The number of hydrogen-bond donors (Lipinski definition) is 1. The van der Waals surface area contributed by atoms with E-state index in [9.17, 15) is 9.59 Å². The van der Waals surface area contributed by atoms with Gasteiger partial charge in [-0.1, -0.05) is 85.3 Å². The predicted octanol–water partition coefficient (Wildman–Crippen LogP) is 5.32. The van der Waals surface area contributed by atoms with E-state index < -0.39 is 6.04 Å². The average Bonchev–Trinajstić information content (AvgIpc) is 2.89. The van der Waals surface area contributed by atoms with Crippen molar-refractivity contribution in [3.63, 3.8) is 0 Å². The molecule has 184 valence electrons. The summed E-state index contributed by atoms with van der Waals surface area (Å²) in [6, 6.07) is 27.0. The van der Waals surface area contributed by atoms with Crippen molar-refractivity contribution >= 4 is 11.8 Å². The van der Waals surface area contributed by atoms with Crippen LogP contribution in [0.4, 0.5) is 0 Å². The molecular formula is C30H36N2O3. The van der Waals surface area contributed by atoms with Gasteiger partial charge in [-0.05, 0) is 43.0 Å². The number of nitrogens with one attached hydrogen (secondary N) is 1. The number of aryl methyl sites for hydroxylation is 1. The van der Waals surface area contributed by atoms with Gasteiger partial charge in [0.05, 0.1) is 6.61 Å². The van der Waals surface area contributed by atoms with E-state index in [4.69, 9.17) is 4.74 Å². The second-order valence-electron chi connectivity index (χ2n) is 8.77. The number of benzene rings is 3. The highest BCUT2D eigenvalue weighted by Gasteiger charge is 2.29. The number of carbonyl (C=O) groups excluding carboxylic acids is 2. The molecule has 0 aliphatic heterocycles. The van der Waals surface area contributed by atoms with E-state index >= 15 is 0 Å². The maximum atomic E-state index is 13.5. The number of hydrogen-bond acceptors (Lipinski definition) is 3. The van der Waals surface area contributed by atoms with Crippen LogP contribution in [0.2, 0.25) is 0 Å². The number of nitrogens with zero attached hydrogens (tertiary/aromatic N) is 1. The first-order valence-corrected chi connectivity index (χ1v) is 12.4. The minimum Gasteiger partial charge on any atom is -0.494 e. The Bertz CT molecular complexity index is 1040. The Balaban J connectivity index is 1.74. The van der Waals surface area contributed by atoms with Crippen LogP contribution in [0.15, 0.2) is 84.9 Å². The highest BCUT2D eigenvalue weighted by atomic mass is 16.5. The molecule has 0 fully saturated rings. The Labute approximate surface area is 209 Å². The molecule has 0 aromatic heterocycles. The second kappa shape index (κ2) is 14.0. The van der Waals surface area contributed by atoms with E-state index in [1.165, 1.54) is 5.56 Å². The minimum absolute atomic E-state index is 0.0473. The molecule has 0 aliphatic rings.